The molecule has 0 aliphatic heterocycles. The van der Waals surface area contributed by atoms with Gasteiger partial charge < -0.3 is 5.11 Å². The predicted octanol–water partition coefficient (Wildman–Crippen LogP) is 1.80. The van der Waals surface area contributed by atoms with Crippen LogP contribution in [0.2, 0.25) is 0 Å². The van der Waals surface area contributed by atoms with Crippen molar-refractivity contribution in [2.75, 3.05) is 6.61 Å². The second-order valence-electron chi connectivity index (χ2n) is 4.28. The van der Waals surface area contributed by atoms with Crippen LogP contribution in [-0.2, 0) is 12.8 Å². The van der Waals surface area contributed by atoms with Crippen LogP contribution in [0.1, 0.15) is 28.9 Å². The van der Waals surface area contributed by atoms with Gasteiger partial charge in [-0.15, -0.1) is 0 Å². The first-order valence-corrected chi connectivity index (χ1v) is 5.27. The highest BCUT2D eigenvalue weighted by Crippen LogP contribution is 2.27. The van der Waals surface area contributed by atoms with Crippen molar-refractivity contribution < 1.29 is 5.11 Å². The lowest BCUT2D eigenvalue weighted by molar-refractivity contribution is 0.213. The lowest BCUT2D eigenvalue weighted by Crippen LogP contribution is -2.19. The van der Waals surface area contributed by atoms with Crippen LogP contribution in [-0.4, -0.2) is 16.7 Å². The zero-order valence-corrected chi connectivity index (χ0v) is 8.88. The van der Waals surface area contributed by atoms with E-state index in [1.54, 1.807) is 0 Å². The molecule has 1 unspecified atom stereocenters. The van der Waals surface area contributed by atoms with Gasteiger partial charge in [0.2, 0.25) is 0 Å². The van der Waals surface area contributed by atoms with Gasteiger partial charge in [0.05, 0.1) is 0 Å². The standard InChI is InChI=1S/C12H17NO/c1-8-5-11-6-10(7-14)3-4-12(11)9(2)13-8/h5,10,14H,3-4,6-7H2,1-2H3. The van der Waals surface area contributed by atoms with E-state index in [4.69, 9.17) is 5.11 Å². The lowest BCUT2D eigenvalue weighted by atomic mass is 9.83. The Labute approximate surface area is 85.0 Å². The molecular weight excluding hydrogens is 174 g/mol. The number of nitrogens with zero attached hydrogens (tertiary/aromatic N) is 1. The second kappa shape index (κ2) is 3.70. The van der Waals surface area contributed by atoms with Crippen molar-refractivity contribution in [3.63, 3.8) is 0 Å². The molecule has 0 radical (unpaired) electrons. The maximum atomic E-state index is 9.14. The quantitative estimate of drug-likeness (QED) is 0.734. The molecule has 0 bridgehead atoms. The van der Waals surface area contributed by atoms with E-state index in [1.807, 2.05) is 6.92 Å². The van der Waals surface area contributed by atoms with E-state index in [2.05, 4.69) is 18.0 Å². The molecule has 1 aliphatic carbocycles. The summed E-state index contributed by atoms with van der Waals surface area (Å²) < 4.78 is 0. The Morgan fingerprint density at radius 1 is 1.50 bits per heavy atom. The van der Waals surface area contributed by atoms with Crippen LogP contribution in [0, 0.1) is 19.8 Å². The summed E-state index contributed by atoms with van der Waals surface area (Å²) in [6.07, 6.45) is 3.21. The Hall–Kier alpha value is -0.890. The molecular formula is C12H17NO. The SMILES string of the molecule is Cc1cc2c(c(C)n1)CCC(CO)C2. The molecule has 1 aromatic rings. The third-order valence-corrected chi connectivity index (χ3v) is 3.12. The number of hydrogen-bond donors (Lipinski definition) is 1. The normalized spacial score (nSPS) is 20.6. The molecule has 1 heterocycles. The van der Waals surface area contributed by atoms with E-state index in [0.717, 1.165) is 25.0 Å². The first-order chi connectivity index (χ1) is 6.70. The molecule has 76 valence electrons. The number of pyridine rings is 1. The summed E-state index contributed by atoms with van der Waals surface area (Å²) in [6, 6.07) is 2.17. The summed E-state index contributed by atoms with van der Waals surface area (Å²) in [7, 11) is 0. The smallest absolute Gasteiger partial charge is 0.0462 e. The number of fused-ring (bicyclic) bond motifs is 1. The summed E-state index contributed by atoms with van der Waals surface area (Å²) in [4.78, 5) is 4.48. The van der Waals surface area contributed by atoms with Crippen LogP contribution >= 0.6 is 0 Å². The van der Waals surface area contributed by atoms with Crippen molar-refractivity contribution >= 4 is 0 Å². The van der Waals surface area contributed by atoms with Crippen LogP contribution in [0.15, 0.2) is 6.07 Å². The Bertz CT molecular complexity index is 346. The van der Waals surface area contributed by atoms with Crippen molar-refractivity contribution in [3.8, 4) is 0 Å². The second-order valence-corrected chi connectivity index (χ2v) is 4.28. The average Bonchev–Trinajstić information content (AvgIpc) is 2.16. The van der Waals surface area contributed by atoms with E-state index in [0.29, 0.717) is 12.5 Å². The largest absolute Gasteiger partial charge is 0.396 e. The van der Waals surface area contributed by atoms with Crippen molar-refractivity contribution in [3.05, 3.63) is 28.6 Å². The molecule has 1 aliphatic rings. The Kier molecular flexibility index (Phi) is 2.55. The molecule has 0 aromatic carbocycles. The van der Waals surface area contributed by atoms with Gasteiger partial charge >= 0.3 is 0 Å². The Morgan fingerprint density at radius 3 is 3.00 bits per heavy atom. The molecule has 0 fully saturated rings. The highest BCUT2D eigenvalue weighted by Gasteiger charge is 2.19. The molecule has 0 spiro atoms. The Balaban J connectivity index is 2.37. The van der Waals surface area contributed by atoms with Gasteiger partial charge in [0.25, 0.3) is 0 Å². The van der Waals surface area contributed by atoms with Gasteiger partial charge in [-0.3, -0.25) is 4.98 Å². The maximum Gasteiger partial charge on any atom is 0.0462 e. The maximum absolute atomic E-state index is 9.14. The number of aliphatic hydroxyl groups is 1. The number of aromatic nitrogens is 1. The number of aliphatic hydroxyl groups excluding tert-OH is 1. The summed E-state index contributed by atoms with van der Waals surface area (Å²) in [5.74, 6) is 0.462. The highest BCUT2D eigenvalue weighted by molar-refractivity contribution is 5.34. The van der Waals surface area contributed by atoms with Crippen LogP contribution in [0.5, 0.6) is 0 Å². The summed E-state index contributed by atoms with van der Waals surface area (Å²) >= 11 is 0. The van der Waals surface area contributed by atoms with E-state index in [-0.39, 0.29) is 0 Å². The zero-order chi connectivity index (χ0) is 10.1. The molecule has 14 heavy (non-hydrogen) atoms. The highest BCUT2D eigenvalue weighted by atomic mass is 16.3. The van der Waals surface area contributed by atoms with Crippen molar-refractivity contribution in [2.45, 2.75) is 33.1 Å². The van der Waals surface area contributed by atoms with Crippen LogP contribution in [0.25, 0.3) is 0 Å². The van der Waals surface area contributed by atoms with Gasteiger partial charge in [0.1, 0.15) is 0 Å². The molecule has 0 amide bonds. The fourth-order valence-electron chi connectivity index (χ4n) is 2.38. The summed E-state index contributed by atoms with van der Waals surface area (Å²) in [6.45, 7) is 4.45. The van der Waals surface area contributed by atoms with E-state index in [9.17, 15) is 0 Å². The minimum atomic E-state index is 0.319. The van der Waals surface area contributed by atoms with Crippen molar-refractivity contribution in [2.24, 2.45) is 5.92 Å². The number of hydrogen-bond acceptors (Lipinski definition) is 2. The Morgan fingerprint density at radius 2 is 2.29 bits per heavy atom. The number of rotatable bonds is 1. The van der Waals surface area contributed by atoms with Gasteiger partial charge in [-0.2, -0.15) is 0 Å². The molecule has 2 rings (SSSR count). The van der Waals surface area contributed by atoms with Gasteiger partial charge in [-0.1, -0.05) is 0 Å². The molecule has 1 N–H and O–H groups in total. The summed E-state index contributed by atoms with van der Waals surface area (Å²) in [5, 5.41) is 9.14. The van der Waals surface area contributed by atoms with E-state index in [1.165, 1.54) is 16.8 Å². The first-order valence-electron chi connectivity index (χ1n) is 5.27. The lowest BCUT2D eigenvalue weighted by Gasteiger charge is -2.24. The van der Waals surface area contributed by atoms with Crippen molar-refractivity contribution in [1.29, 1.82) is 0 Å². The number of aryl methyl sites for hydroxylation is 2. The van der Waals surface area contributed by atoms with Crippen LogP contribution < -0.4 is 0 Å². The molecule has 1 atom stereocenters. The molecule has 1 aromatic heterocycles. The van der Waals surface area contributed by atoms with Gasteiger partial charge in [-0.05, 0) is 56.2 Å². The van der Waals surface area contributed by atoms with Gasteiger partial charge in [0, 0.05) is 18.0 Å². The van der Waals surface area contributed by atoms with Crippen LogP contribution in [0.4, 0.5) is 0 Å². The predicted molar refractivity (Wildman–Crippen MR) is 56.3 cm³/mol. The van der Waals surface area contributed by atoms with Crippen LogP contribution in [0.3, 0.4) is 0 Å². The monoisotopic (exact) mass is 191 g/mol. The first kappa shape index (κ1) is 9.66. The molecule has 2 nitrogen and oxygen atoms in total. The van der Waals surface area contributed by atoms with Gasteiger partial charge in [0.15, 0.2) is 0 Å². The topological polar surface area (TPSA) is 33.1 Å². The van der Waals surface area contributed by atoms with E-state index < -0.39 is 0 Å². The molecule has 0 saturated heterocycles. The fraction of sp³-hybridized carbons (Fsp3) is 0.583. The average molecular weight is 191 g/mol. The summed E-state index contributed by atoms with van der Waals surface area (Å²) in [5.41, 5.74) is 5.09. The van der Waals surface area contributed by atoms with Crippen molar-refractivity contribution in [1.82, 2.24) is 4.98 Å². The molecule has 2 heteroatoms. The third kappa shape index (κ3) is 1.67. The third-order valence-electron chi connectivity index (χ3n) is 3.12. The minimum Gasteiger partial charge on any atom is -0.396 e. The zero-order valence-electron chi connectivity index (χ0n) is 8.88. The fourth-order valence-corrected chi connectivity index (χ4v) is 2.38. The minimum absolute atomic E-state index is 0.319. The van der Waals surface area contributed by atoms with Gasteiger partial charge in [-0.25, -0.2) is 0 Å². The van der Waals surface area contributed by atoms with E-state index >= 15 is 0 Å². The molecule has 0 saturated carbocycles.